The molecular formula is C26H31N5O. The van der Waals surface area contributed by atoms with Crippen LogP contribution in [0.25, 0.3) is 11.3 Å². The van der Waals surface area contributed by atoms with Crippen LogP contribution < -0.4 is 10.6 Å². The molecule has 3 heterocycles. The third-order valence-corrected chi connectivity index (χ3v) is 6.15. The number of nitrogens with one attached hydrogen (secondary N) is 2. The van der Waals surface area contributed by atoms with Gasteiger partial charge in [-0.3, -0.25) is 14.7 Å². The molecule has 6 heteroatoms. The highest BCUT2D eigenvalue weighted by atomic mass is 16.1. The van der Waals surface area contributed by atoms with Crippen molar-refractivity contribution in [1.82, 2.24) is 20.2 Å². The molecule has 1 atom stereocenters. The molecule has 1 aromatic carbocycles. The molecule has 2 N–H and O–H groups in total. The molecule has 3 aromatic rings. The number of carbonyl (C=O) groups is 1. The van der Waals surface area contributed by atoms with Gasteiger partial charge in [0.1, 0.15) is 5.82 Å². The standard InChI is InChI=1S/C26H31N5O/c1-3-31-15-7-10-21(31)18-29-26(32)23-12-13-24(22-11-5-4-8-19(22)2)30-25(23)28-17-20-9-6-14-27-16-20/h4-6,8-9,11-14,16,21H,3,7,10,15,17-18H2,1-2H3,(H,28,30)(H,29,32). The van der Waals surface area contributed by atoms with Gasteiger partial charge in [0.25, 0.3) is 5.91 Å². The number of pyridine rings is 2. The fraction of sp³-hybridized carbons (Fsp3) is 0.346. The molecule has 1 aliphatic heterocycles. The summed E-state index contributed by atoms with van der Waals surface area (Å²) in [5.41, 5.74) is 4.66. The molecule has 0 saturated carbocycles. The molecule has 0 radical (unpaired) electrons. The first-order chi connectivity index (χ1) is 15.7. The lowest BCUT2D eigenvalue weighted by atomic mass is 10.0. The van der Waals surface area contributed by atoms with Crippen molar-refractivity contribution in [3.8, 4) is 11.3 Å². The molecule has 1 amide bonds. The van der Waals surface area contributed by atoms with Gasteiger partial charge < -0.3 is 10.6 Å². The van der Waals surface area contributed by atoms with Gasteiger partial charge in [-0.2, -0.15) is 0 Å². The van der Waals surface area contributed by atoms with Crippen LogP contribution in [0.2, 0.25) is 0 Å². The van der Waals surface area contributed by atoms with Gasteiger partial charge in [-0.05, 0) is 62.2 Å². The Bertz CT molecular complexity index is 1050. The van der Waals surface area contributed by atoms with Crippen molar-refractivity contribution in [3.63, 3.8) is 0 Å². The van der Waals surface area contributed by atoms with Crippen LogP contribution in [0.15, 0.2) is 60.9 Å². The lowest BCUT2D eigenvalue weighted by Gasteiger charge is -2.23. The fourth-order valence-corrected chi connectivity index (χ4v) is 4.32. The molecular weight excluding hydrogens is 398 g/mol. The number of likely N-dealkylation sites (N-methyl/N-ethyl adjacent to an activating group) is 1. The third kappa shape index (κ3) is 5.14. The molecule has 1 unspecified atom stereocenters. The van der Waals surface area contributed by atoms with E-state index in [1.165, 1.54) is 6.42 Å². The normalized spacial score (nSPS) is 16.1. The molecule has 1 aliphatic rings. The molecule has 0 aliphatic carbocycles. The van der Waals surface area contributed by atoms with Gasteiger partial charge >= 0.3 is 0 Å². The minimum absolute atomic E-state index is 0.0922. The van der Waals surface area contributed by atoms with Crippen LogP contribution in [0.5, 0.6) is 0 Å². The van der Waals surface area contributed by atoms with Crippen LogP contribution in [0.4, 0.5) is 5.82 Å². The highest BCUT2D eigenvalue weighted by Crippen LogP contribution is 2.25. The number of hydrogen-bond acceptors (Lipinski definition) is 5. The summed E-state index contributed by atoms with van der Waals surface area (Å²) in [5.74, 6) is 0.497. The second-order valence-electron chi connectivity index (χ2n) is 8.26. The third-order valence-electron chi connectivity index (χ3n) is 6.15. The number of rotatable bonds is 8. The van der Waals surface area contributed by atoms with Gasteiger partial charge in [0.2, 0.25) is 0 Å². The molecule has 1 saturated heterocycles. The van der Waals surface area contributed by atoms with Crippen molar-refractivity contribution in [2.75, 3.05) is 25.0 Å². The maximum absolute atomic E-state index is 13.1. The average molecular weight is 430 g/mol. The van der Waals surface area contributed by atoms with Crippen molar-refractivity contribution in [2.45, 2.75) is 39.3 Å². The molecule has 0 bridgehead atoms. The maximum atomic E-state index is 13.1. The van der Waals surface area contributed by atoms with E-state index in [0.717, 1.165) is 41.9 Å². The zero-order valence-electron chi connectivity index (χ0n) is 18.8. The van der Waals surface area contributed by atoms with Gasteiger partial charge in [-0.25, -0.2) is 4.98 Å². The first-order valence-corrected chi connectivity index (χ1v) is 11.4. The Balaban J connectivity index is 1.56. The van der Waals surface area contributed by atoms with E-state index in [-0.39, 0.29) is 5.91 Å². The van der Waals surface area contributed by atoms with Gasteiger partial charge in [-0.1, -0.05) is 37.3 Å². The number of benzene rings is 1. The molecule has 0 spiro atoms. The highest BCUT2D eigenvalue weighted by molar-refractivity contribution is 5.99. The van der Waals surface area contributed by atoms with Gasteiger partial charge in [0, 0.05) is 37.1 Å². The smallest absolute Gasteiger partial charge is 0.255 e. The summed E-state index contributed by atoms with van der Waals surface area (Å²) in [6.45, 7) is 7.59. The minimum atomic E-state index is -0.0922. The number of hydrogen-bond donors (Lipinski definition) is 2. The van der Waals surface area contributed by atoms with Gasteiger partial charge in [0.15, 0.2) is 0 Å². The lowest BCUT2D eigenvalue weighted by molar-refractivity contribution is 0.0942. The second kappa shape index (κ2) is 10.4. The summed E-state index contributed by atoms with van der Waals surface area (Å²) in [7, 11) is 0. The zero-order valence-corrected chi connectivity index (χ0v) is 18.8. The van der Waals surface area contributed by atoms with Crippen LogP contribution >= 0.6 is 0 Å². The molecule has 4 rings (SSSR count). The lowest BCUT2D eigenvalue weighted by Crippen LogP contribution is -2.40. The predicted octanol–water partition coefficient (Wildman–Crippen LogP) is 4.28. The zero-order chi connectivity index (χ0) is 22.3. The molecule has 166 valence electrons. The first kappa shape index (κ1) is 22.0. The number of nitrogens with zero attached hydrogens (tertiary/aromatic N) is 3. The number of anilines is 1. The summed E-state index contributed by atoms with van der Waals surface area (Å²) < 4.78 is 0. The van der Waals surface area contributed by atoms with E-state index in [4.69, 9.17) is 4.98 Å². The SMILES string of the molecule is CCN1CCCC1CNC(=O)c1ccc(-c2ccccc2C)nc1NCc1cccnc1. The van der Waals surface area contributed by atoms with E-state index < -0.39 is 0 Å². The Kier molecular flexibility index (Phi) is 7.12. The first-order valence-electron chi connectivity index (χ1n) is 11.4. The van der Waals surface area contributed by atoms with E-state index in [2.05, 4.69) is 46.5 Å². The molecule has 1 fully saturated rings. The summed E-state index contributed by atoms with van der Waals surface area (Å²) in [4.78, 5) is 24.6. The second-order valence-corrected chi connectivity index (χ2v) is 8.26. The van der Waals surface area contributed by atoms with Gasteiger partial charge in [-0.15, -0.1) is 0 Å². The van der Waals surface area contributed by atoms with E-state index in [9.17, 15) is 4.79 Å². The number of amides is 1. The van der Waals surface area contributed by atoms with Crippen molar-refractivity contribution in [3.05, 3.63) is 77.6 Å². The predicted molar refractivity (Wildman–Crippen MR) is 129 cm³/mol. The molecule has 2 aromatic heterocycles. The number of aryl methyl sites for hydroxylation is 1. The minimum Gasteiger partial charge on any atom is -0.365 e. The van der Waals surface area contributed by atoms with E-state index >= 15 is 0 Å². The number of carbonyl (C=O) groups excluding carboxylic acids is 1. The van der Waals surface area contributed by atoms with Crippen LogP contribution in [0, 0.1) is 6.92 Å². The largest absolute Gasteiger partial charge is 0.365 e. The Hall–Kier alpha value is -3.25. The topological polar surface area (TPSA) is 70.2 Å². The number of likely N-dealkylation sites (tertiary alicyclic amines) is 1. The summed E-state index contributed by atoms with van der Waals surface area (Å²) in [5, 5.41) is 6.51. The molecule has 32 heavy (non-hydrogen) atoms. The van der Waals surface area contributed by atoms with Crippen molar-refractivity contribution in [2.24, 2.45) is 0 Å². The average Bonchev–Trinajstić information content (AvgIpc) is 3.30. The van der Waals surface area contributed by atoms with Gasteiger partial charge in [0.05, 0.1) is 11.3 Å². The molecule has 6 nitrogen and oxygen atoms in total. The summed E-state index contributed by atoms with van der Waals surface area (Å²) in [6.07, 6.45) is 5.89. The fourth-order valence-electron chi connectivity index (χ4n) is 4.32. The van der Waals surface area contributed by atoms with Crippen LogP contribution in [-0.4, -0.2) is 46.5 Å². The Morgan fingerprint density at radius 2 is 2.03 bits per heavy atom. The maximum Gasteiger partial charge on any atom is 0.255 e. The Labute approximate surface area is 190 Å². The summed E-state index contributed by atoms with van der Waals surface area (Å²) >= 11 is 0. The summed E-state index contributed by atoms with van der Waals surface area (Å²) in [6, 6.07) is 16.3. The van der Waals surface area contributed by atoms with Crippen molar-refractivity contribution < 1.29 is 4.79 Å². The Morgan fingerprint density at radius 3 is 2.81 bits per heavy atom. The quantitative estimate of drug-likeness (QED) is 0.559. The van der Waals surface area contributed by atoms with Crippen LogP contribution in [0.1, 0.15) is 41.3 Å². The highest BCUT2D eigenvalue weighted by Gasteiger charge is 2.24. The van der Waals surface area contributed by atoms with Crippen LogP contribution in [0.3, 0.4) is 0 Å². The van der Waals surface area contributed by atoms with E-state index in [0.29, 0.717) is 30.5 Å². The monoisotopic (exact) mass is 429 g/mol. The van der Waals surface area contributed by atoms with Crippen molar-refractivity contribution >= 4 is 11.7 Å². The Morgan fingerprint density at radius 1 is 1.16 bits per heavy atom. The van der Waals surface area contributed by atoms with E-state index in [1.54, 1.807) is 6.20 Å². The van der Waals surface area contributed by atoms with Crippen molar-refractivity contribution in [1.29, 1.82) is 0 Å². The van der Waals surface area contributed by atoms with Crippen LogP contribution in [-0.2, 0) is 6.54 Å². The van der Waals surface area contributed by atoms with E-state index in [1.807, 2.05) is 42.6 Å². The number of aromatic nitrogens is 2.